The highest BCUT2D eigenvalue weighted by Crippen LogP contribution is 2.32. The molecule has 4 nitrogen and oxygen atoms in total. The van der Waals surface area contributed by atoms with Gasteiger partial charge >= 0.3 is 11.9 Å². The quantitative estimate of drug-likeness (QED) is 0.449. The number of oxazole rings is 1. The summed E-state index contributed by atoms with van der Waals surface area (Å²) < 4.78 is 46.1. The number of benzene rings is 2. The monoisotopic (exact) mass is 408 g/mol. The van der Waals surface area contributed by atoms with Crippen molar-refractivity contribution in [2.24, 2.45) is 0 Å². The van der Waals surface area contributed by atoms with Crippen LogP contribution in [0.25, 0.3) is 27.7 Å². The summed E-state index contributed by atoms with van der Waals surface area (Å²) in [6.45, 7) is 0. The van der Waals surface area contributed by atoms with E-state index in [0.717, 1.165) is 21.2 Å². The van der Waals surface area contributed by atoms with Gasteiger partial charge in [0.2, 0.25) is 0 Å². The van der Waals surface area contributed by atoms with Crippen LogP contribution >= 0.6 is 15.9 Å². The minimum Gasteiger partial charge on any atom is -0.406 e. The zero-order chi connectivity index (χ0) is 17.8. The van der Waals surface area contributed by atoms with Crippen molar-refractivity contribution in [2.75, 3.05) is 0 Å². The first-order chi connectivity index (χ1) is 11.8. The third-order valence-electron chi connectivity index (χ3n) is 3.80. The summed E-state index contributed by atoms with van der Waals surface area (Å²) >= 11 is 3.35. The standard InChI is InChI=1S/C17H8BrF3N2O2/c18-10-4-5-13-12(7-10)15-14(8-22-13)25-16(24)23(15)11-3-1-2-9(6-11)17(19,20)21/h1-8H. The largest absolute Gasteiger partial charge is 0.424 e. The van der Waals surface area contributed by atoms with Gasteiger partial charge in [0.05, 0.1) is 23.0 Å². The molecule has 2 heterocycles. The Hall–Kier alpha value is -2.61. The van der Waals surface area contributed by atoms with Gasteiger partial charge in [-0.3, -0.25) is 4.98 Å². The van der Waals surface area contributed by atoms with Gasteiger partial charge in [0.15, 0.2) is 5.58 Å². The Balaban J connectivity index is 2.10. The highest BCUT2D eigenvalue weighted by Gasteiger charge is 2.31. The van der Waals surface area contributed by atoms with Gasteiger partial charge in [0.25, 0.3) is 0 Å². The van der Waals surface area contributed by atoms with Crippen molar-refractivity contribution in [1.29, 1.82) is 0 Å². The molecule has 2 aromatic heterocycles. The number of pyridine rings is 1. The average Bonchev–Trinajstić information content (AvgIpc) is 2.90. The summed E-state index contributed by atoms with van der Waals surface area (Å²) in [5.41, 5.74) is 0.401. The molecule has 8 heteroatoms. The molecule has 0 fully saturated rings. The Morgan fingerprint density at radius 3 is 2.68 bits per heavy atom. The molecule has 0 aliphatic rings. The average molecular weight is 409 g/mol. The summed E-state index contributed by atoms with van der Waals surface area (Å²) in [6, 6.07) is 9.82. The van der Waals surface area contributed by atoms with Crippen molar-refractivity contribution in [3.05, 3.63) is 69.2 Å². The molecule has 0 saturated heterocycles. The first-order valence-corrected chi connectivity index (χ1v) is 7.91. The first kappa shape index (κ1) is 15.9. The lowest BCUT2D eigenvalue weighted by atomic mass is 10.1. The predicted octanol–water partition coefficient (Wildman–Crippen LogP) is 4.91. The van der Waals surface area contributed by atoms with E-state index in [2.05, 4.69) is 20.9 Å². The lowest BCUT2D eigenvalue weighted by Gasteiger charge is -2.09. The third kappa shape index (κ3) is 2.62. The fourth-order valence-electron chi connectivity index (χ4n) is 2.72. The van der Waals surface area contributed by atoms with Crippen LogP contribution in [0.15, 0.2) is 62.3 Å². The summed E-state index contributed by atoms with van der Waals surface area (Å²) in [5.74, 6) is -0.774. The van der Waals surface area contributed by atoms with Gasteiger partial charge in [-0.1, -0.05) is 22.0 Å². The van der Waals surface area contributed by atoms with Crippen molar-refractivity contribution in [1.82, 2.24) is 9.55 Å². The first-order valence-electron chi connectivity index (χ1n) is 7.12. The van der Waals surface area contributed by atoms with E-state index in [4.69, 9.17) is 4.42 Å². The van der Waals surface area contributed by atoms with Crippen molar-refractivity contribution < 1.29 is 17.6 Å². The highest BCUT2D eigenvalue weighted by molar-refractivity contribution is 9.10. The molecule has 126 valence electrons. The van der Waals surface area contributed by atoms with Crippen LogP contribution in [0.1, 0.15) is 5.56 Å². The minimum absolute atomic E-state index is 0.0750. The smallest absolute Gasteiger partial charge is 0.406 e. The number of hydrogen-bond acceptors (Lipinski definition) is 3. The lowest BCUT2D eigenvalue weighted by Crippen LogP contribution is -2.13. The van der Waals surface area contributed by atoms with Gasteiger partial charge in [-0.2, -0.15) is 13.2 Å². The predicted molar refractivity (Wildman–Crippen MR) is 89.8 cm³/mol. The van der Waals surface area contributed by atoms with E-state index in [1.807, 2.05) is 0 Å². The van der Waals surface area contributed by atoms with E-state index >= 15 is 0 Å². The van der Waals surface area contributed by atoms with Gasteiger partial charge in [-0.05, 0) is 36.4 Å². The van der Waals surface area contributed by atoms with Gasteiger partial charge in [0.1, 0.15) is 5.52 Å². The van der Waals surface area contributed by atoms with Crippen LogP contribution < -0.4 is 5.76 Å². The fourth-order valence-corrected chi connectivity index (χ4v) is 3.09. The Morgan fingerprint density at radius 1 is 1.12 bits per heavy atom. The van der Waals surface area contributed by atoms with E-state index in [1.165, 1.54) is 18.3 Å². The van der Waals surface area contributed by atoms with Gasteiger partial charge in [-0.15, -0.1) is 0 Å². The SMILES string of the molecule is O=c1oc2cnc3ccc(Br)cc3c2n1-c1cccc(C(F)(F)F)c1. The molecule has 0 aliphatic heterocycles. The summed E-state index contributed by atoms with van der Waals surface area (Å²) in [4.78, 5) is 16.5. The number of halogens is 4. The molecule has 0 saturated carbocycles. The highest BCUT2D eigenvalue weighted by atomic mass is 79.9. The van der Waals surface area contributed by atoms with E-state index in [1.54, 1.807) is 18.2 Å². The minimum atomic E-state index is -4.51. The van der Waals surface area contributed by atoms with Crippen LogP contribution in [0.3, 0.4) is 0 Å². The molecule has 2 aromatic carbocycles. The summed E-state index contributed by atoms with van der Waals surface area (Å²) in [5, 5.41) is 0.593. The molecular weight excluding hydrogens is 401 g/mol. The zero-order valence-electron chi connectivity index (χ0n) is 12.3. The molecule has 0 bridgehead atoms. The Labute approximate surface area is 146 Å². The molecule has 4 rings (SSSR count). The molecule has 0 spiro atoms. The van der Waals surface area contributed by atoms with Gasteiger partial charge in [-0.25, -0.2) is 9.36 Å². The van der Waals surface area contributed by atoms with Crippen LogP contribution in [0.5, 0.6) is 0 Å². The number of fused-ring (bicyclic) bond motifs is 3. The lowest BCUT2D eigenvalue weighted by molar-refractivity contribution is -0.137. The summed E-state index contributed by atoms with van der Waals surface area (Å²) in [6.07, 6.45) is -3.12. The maximum absolute atomic E-state index is 13.0. The molecule has 0 radical (unpaired) electrons. The second kappa shape index (κ2) is 5.45. The molecule has 0 N–H and O–H groups in total. The third-order valence-corrected chi connectivity index (χ3v) is 4.30. The second-order valence-electron chi connectivity index (χ2n) is 5.38. The topological polar surface area (TPSA) is 48.0 Å². The number of hydrogen-bond donors (Lipinski definition) is 0. The van der Waals surface area contributed by atoms with Crippen LogP contribution in [-0.4, -0.2) is 9.55 Å². The van der Waals surface area contributed by atoms with Gasteiger partial charge < -0.3 is 4.42 Å². The Morgan fingerprint density at radius 2 is 1.92 bits per heavy atom. The zero-order valence-corrected chi connectivity index (χ0v) is 13.9. The normalized spacial score (nSPS) is 12.2. The molecule has 0 aliphatic carbocycles. The molecular formula is C17H8BrF3N2O2. The van der Waals surface area contributed by atoms with Crippen LogP contribution in [-0.2, 0) is 6.18 Å². The number of aromatic nitrogens is 2. The maximum atomic E-state index is 13.0. The van der Waals surface area contributed by atoms with Crippen LogP contribution in [0.4, 0.5) is 13.2 Å². The number of rotatable bonds is 1. The van der Waals surface area contributed by atoms with E-state index in [9.17, 15) is 18.0 Å². The van der Waals surface area contributed by atoms with E-state index < -0.39 is 17.5 Å². The van der Waals surface area contributed by atoms with Gasteiger partial charge in [0, 0.05) is 9.86 Å². The molecule has 4 aromatic rings. The van der Waals surface area contributed by atoms with Crippen molar-refractivity contribution in [3.8, 4) is 5.69 Å². The Kier molecular flexibility index (Phi) is 3.47. The van der Waals surface area contributed by atoms with Crippen molar-refractivity contribution >= 4 is 37.9 Å². The van der Waals surface area contributed by atoms with Crippen molar-refractivity contribution in [3.63, 3.8) is 0 Å². The molecule has 0 atom stereocenters. The van der Waals surface area contributed by atoms with E-state index in [-0.39, 0.29) is 11.3 Å². The molecule has 0 unspecified atom stereocenters. The molecule has 0 amide bonds. The molecule has 25 heavy (non-hydrogen) atoms. The maximum Gasteiger partial charge on any atom is 0.424 e. The van der Waals surface area contributed by atoms with E-state index in [0.29, 0.717) is 16.4 Å². The fraction of sp³-hybridized carbons (Fsp3) is 0.0588. The van der Waals surface area contributed by atoms with Crippen LogP contribution in [0, 0.1) is 0 Å². The summed E-state index contributed by atoms with van der Waals surface area (Å²) in [7, 11) is 0. The van der Waals surface area contributed by atoms with Crippen LogP contribution in [0.2, 0.25) is 0 Å². The Bertz CT molecular complexity index is 1180. The second-order valence-corrected chi connectivity index (χ2v) is 6.30. The number of alkyl halides is 3. The number of nitrogens with zero attached hydrogens (tertiary/aromatic N) is 2. The van der Waals surface area contributed by atoms with Crippen molar-refractivity contribution in [2.45, 2.75) is 6.18 Å².